The van der Waals surface area contributed by atoms with Gasteiger partial charge in [-0.3, -0.25) is 9.59 Å². The van der Waals surface area contributed by atoms with Crippen LogP contribution < -0.4 is 28.6 Å². The van der Waals surface area contributed by atoms with Crippen molar-refractivity contribution in [2.75, 3.05) is 7.11 Å². The molecule has 0 N–H and O–H groups in total. The van der Waals surface area contributed by atoms with Crippen molar-refractivity contribution in [3.05, 3.63) is 112 Å². The lowest BCUT2D eigenvalue weighted by atomic mass is 10.1. The number of ether oxygens (including phenoxy) is 4. The van der Waals surface area contributed by atoms with Gasteiger partial charge in [0.05, 0.1) is 7.11 Å². The van der Waals surface area contributed by atoms with Crippen molar-refractivity contribution in [3.8, 4) is 40.1 Å². The fraction of sp³-hybridized carbons (Fsp3) is 0.152. The molecular formula is C33H25F3O10S. The summed E-state index contributed by atoms with van der Waals surface area (Å²) in [7, 11) is -4.95. The van der Waals surface area contributed by atoms with Crippen molar-refractivity contribution < 1.29 is 53.9 Å². The zero-order valence-electron chi connectivity index (χ0n) is 24.7. The summed E-state index contributed by atoms with van der Waals surface area (Å²) in [5.41, 5.74) is -5.15. The Hall–Kier alpha value is -5.50. The van der Waals surface area contributed by atoms with Crippen molar-refractivity contribution in [2.24, 2.45) is 0 Å². The largest absolute Gasteiger partial charge is 0.534 e. The van der Waals surface area contributed by atoms with E-state index in [4.69, 9.17) is 23.4 Å². The van der Waals surface area contributed by atoms with E-state index in [9.17, 15) is 31.2 Å². The Morgan fingerprint density at radius 2 is 1.40 bits per heavy atom. The van der Waals surface area contributed by atoms with Gasteiger partial charge >= 0.3 is 21.6 Å². The van der Waals surface area contributed by atoms with E-state index in [-0.39, 0.29) is 36.0 Å². The monoisotopic (exact) mass is 670 g/mol. The SMILES string of the molecule is COc1c(-c2ccc(OCc3ccccc3)c(OCc3ccccc3)c2)oc2cc(OS(=O)(=O)C(F)(F)F)cc(OC(C)=O)c2c1=O. The van der Waals surface area contributed by atoms with Gasteiger partial charge in [-0.05, 0) is 29.3 Å². The molecule has 1 heterocycles. The predicted molar refractivity (Wildman–Crippen MR) is 163 cm³/mol. The molecule has 47 heavy (non-hydrogen) atoms. The van der Waals surface area contributed by atoms with E-state index >= 15 is 0 Å². The second-order valence-electron chi connectivity index (χ2n) is 9.88. The van der Waals surface area contributed by atoms with E-state index in [2.05, 4.69) is 4.18 Å². The maximum absolute atomic E-state index is 13.7. The highest BCUT2D eigenvalue weighted by molar-refractivity contribution is 7.88. The number of halogens is 3. The molecule has 10 nitrogen and oxygen atoms in total. The molecule has 0 saturated heterocycles. The summed E-state index contributed by atoms with van der Waals surface area (Å²) in [6, 6.07) is 24.7. The van der Waals surface area contributed by atoms with Crippen molar-refractivity contribution in [3.63, 3.8) is 0 Å². The Labute approximate surface area is 266 Å². The van der Waals surface area contributed by atoms with Crippen LogP contribution in [0.4, 0.5) is 13.2 Å². The number of fused-ring (bicyclic) bond motifs is 1. The van der Waals surface area contributed by atoms with Crippen molar-refractivity contribution >= 4 is 27.1 Å². The molecule has 0 fully saturated rings. The number of benzene rings is 4. The van der Waals surface area contributed by atoms with E-state index in [1.165, 1.54) is 19.2 Å². The van der Waals surface area contributed by atoms with Crippen LogP contribution >= 0.6 is 0 Å². The summed E-state index contributed by atoms with van der Waals surface area (Å²) in [6.07, 6.45) is 0. The molecule has 1 aromatic heterocycles. The summed E-state index contributed by atoms with van der Waals surface area (Å²) in [4.78, 5) is 25.5. The molecule has 0 spiro atoms. The van der Waals surface area contributed by atoms with Gasteiger partial charge in [0.25, 0.3) is 0 Å². The summed E-state index contributed by atoms with van der Waals surface area (Å²) >= 11 is 0. The standard InChI is InChI=1S/C33H25F3O10S/c1-20(37)44-27-16-24(46-47(39,40)33(34,35)36)17-28-29(27)30(38)32(41-2)31(45-28)23-13-14-25(42-18-21-9-5-3-6-10-21)26(15-23)43-19-22-11-7-4-8-12-22/h3-17H,18-19H2,1-2H3. The number of rotatable bonds is 11. The molecule has 14 heteroatoms. The molecule has 0 saturated carbocycles. The van der Waals surface area contributed by atoms with E-state index in [1.54, 1.807) is 6.07 Å². The number of esters is 1. The topological polar surface area (TPSA) is 128 Å². The van der Waals surface area contributed by atoms with Crippen LogP contribution in [0.3, 0.4) is 0 Å². The Morgan fingerprint density at radius 1 is 0.809 bits per heavy atom. The molecule has 0 aliphatic carbocycles. The van der Waals surface area contributed by atoms with Gasteiger partial charge < -0.3 is 27.5 Å². The molecule has 0 aliphatic rings. The smallest absolute Gasteiger partial charge is 0.490 e. The van der Waals surface area contributed by atoms with Crippen LogP contribution in [0.1, 0.15) is 18.1 Å². The number of alkyl halides is 3. The normalized spacial score (nSPS) is 11.6. The van der Waals surface area contributed by atoms with Gasteiger partial charge in [0, 0.05) is 24.6 Å². The third-order valence-corrected chi connectivity index (χ3v) is 7.50. The van der Waals surface area contributed by atoms with Gasteiger partial charge in [-0.1, -0.05) is 60.7 Å². The van der Waals surface area contributed by atoms with Crippen LogP contribution in [0, 0.1) is 0 Å². The van der Waals surface area contributed by atoms with Crippen LogP contribution in [0.2, 0.25) is 0 Å². The molecular weight excluding hydrogens is 645 g/mol. The number of carbonyl (C=O) groups is 1. The Bertz CT molecular complexity index is 2080. The minimum atomic E-state index is -6.13. The minimum absolute atomic E-state index is 0.144. The lowest BCUT2D eigenvalue weighted by Gasteiger charge is -2.16. The predicted octanol–water partition coefficient (Wildman–Crippen LogP) is 6.78. The van der Waals surface area contributed by atoms with Crippen LogP contribution in [0.5, 0.6) is 28.7 Å². The lowest BCUT2D eigenvalue weighted by Crippen LogP contribution is -2.28. The zero-order valence-corrected chi connectivity index (χ0v) is 25.5. The third-order valence-electron chi connectivity index (χ3n) is 6.52. The van der Waals surface area contributed by atoms with Crippen molar-refractivity contribution in [1.29, 1.82) is 0 Å². The molecule has 0 atom stereocenters. The van der Waals surface area contributed by atoms with E-state index in [0.29, 0.717) is 11.8 Å². The number of methoxy groups -OCH3 is 1. The van der Waals surface area contributed by atoms with Gasteiger partial charge in [-0.25, -0.2) is 0 Å². The maximum atomic E-state index is 13.7. The van der Waals surface area contributed by atoms with Crippen molar-refractivity contribution in [1.82, 2.24) is 0 Å². The van der Waals surface area contributed by atoms with Crippen LogP contribution in [0.25, 0.3) is 22.3 Å². The first-order valence-electron chi connectivity index (χ1n) is 13.7. The van der Waals surface area contributed by atoms with Gasteiger partial charge in [-0.15, -0.1) is 0 Å². The first-order valence-corrected chi connectivity index (χ1v) is 15.1. The van der Waals surface area contributed by atoms with Crippen LogP contribution in [-0.2, 0) is 28.1 Å². The summed E-state index contributed by atoms with van der Waals surface area (Å²) in [6.45, 7) is 1.32. The molecule has 5 aromatic rings. The Kier molecular flexibility index (Phi) is 9.42. The Balaban J connectivity index is 1.63. The second-order valence-corrected chi connectivity index (χ2v) is 11.4. The number of carbonyl (C=O) groups excluding carboxylic acids is 1. The third kappa shape index (κ3) is 7.49. The average molecular weight is 671 g/mol. The average Bonchev–Trinajstić information content (AvgIpc) is 3.02. The lowest BCUT2D eigenvalue weighted by molar-refractivity contribution is -0.131. The quantitative estimate of drug-likeness (QED) is 0.0642. The van der Waals surface area contributed by atoms with Gasteiger partial charge in [0.1, 0.15) is 35.7 Å². The Morgan fingerprint density at radius 3 is 1.96 bits per heavy atom. The van der Waals surface area contributed by atoms with Gasteiger partial charge in [0.2, 0.25) is 11.2 Å². The van der Waals surface area contributed by atoms with E-state index in [1.807, 2.05) is 60.7 Å². The highest BCUT2D eigenvalue weighted by Gasteiger charge is 2.48. The second kappa shape index (κ2) is 13.5. The highest BCUT2D eigenvalue weighted by atomic mass is 32.2. The van der Waals surface area contributed by atoms with E-state index < -0.39 is 49.5 Å². The van der Waals surface area contributed by atoms with E-state index in [0.717, 1.165) is 24.1 Å². The molecule has 4 aromatic carbocycles. The summed E-state index contributed by atoms with van der Waals surface area (Å²) in [5, 5.41) is -0.416. The molecule has 244 valence electrons. The molecule has 0 radical (unpaired) electrons. The molecule has 5 rings (SSSR count). The minimum Gasteiger partial charge on any atom is -0.490 e. The van der Waals surface area contributed by atoms with Gasteiger partial charge in [-0.2, -0.15) is 21.6 Å². The van der Waals surface area contributed by atoms with Crippen LogP contribution in [0.15, 0.2) is 100 Å². The zero-order chi connectivity index (χ0) is 33.8. The van der Waals surface area contributed by atoms with Gasteiger partial charge in [0.15, 0.2) is 17.3 Å². The highest BCUT2D eigenvalue weighted by Crippen LogP contribution is 2.40. The van der Waals surface area contributed by atoms with Crippen LogP contribution in [-0.4, -0.2) is 27.0 Å². The first-order chi connectivity index (χ1) is 22.4. The molecule has 0 bridgehead atoms. The summed E-state index contributed by atoms with van der Waals surface area (Å²) < 4.78 is 95.4. The number of hydrogen-bond donors (Lipinski definition) is 0. The summed E-state index contributed by atoms with van der Waals surface area (Å²) in [5.74, 6) is -2.46. The fourth-order valence-corrected chi connectivity index (χ4v) is 4.87. The molecule has 0 aliphatic heterocycles. The van der Waals surface area contributed by atoms with Crippen molar-refractivity contribution in [2.45, 2.75) is 25.6 Å². The fourth-order valence-electron chi connectivity index (χ4n) is 4.43. The number of hydrogen-bond acceptors (Lipinski definition) is 10. The maximum Gasteiger partial charge on any atom is 0.534 e. The first kappa shape index (κ1) is 32.9. The molecule has 0 unspecified atom stereocenters. The molecule has 0 amide bonds.